The van der Waals surface area contributed by atoms with Crippen molar-refractivity contribution in [1.29, 1.82) is 0 Å². The van der Waals surface area contributed by atoms with E-state index in [1.54, 1.807) is 6.20 Å². The number of fused-ring (bicyclic) bond motifs is 1. The molecule has 0 spiro atoms. The van der Waals surface area contributed by atoms with Crippen molar-refractivity contribution >= 4 is 5.91 Å². The van der Waals surface area contributed by atoms with Crippen LogP contribution in [0.25, 0.3) is 0 Å². The largest absolute Gasteiger partial charge is 0.493 e. The van der Waals surface area contributed by atoms with Crippen molar-refractivity contribution in [3.8, 4) is 5.75 Å². The van der Waals surface area contributed by atoms with Crippen molar-refractivity contribution in [1.82, 2.24) is 14.7 Å². The van der Waals surface area contributed by atoms with Gasteiger partial charge in [0.25, 0.3) is 5.91 Å². The Kier molecular flexibility index (Phi) is 3.53. The van der Waals surface area contributed by atoms with Crippen LogP contribution in [-0.4, -0.2) is 46.8 Å². The molecule has 3 heterocycles. The van der Waals surface area contributed by atoms with Crippen LogP contribution in [0.2, 0.25) is 0 Å². The molecule has 0 radical (unpaired) electrons. The van der Waals surface area contributed by atoms with Crippen LogP contribution < -0.4 is 10.5 Å². The van der Waals surface area contributed by atoms with E-state index in [0.29, 0.717) is 11.6 Å². The number of hydrogen-bond donors (Lipinski definition) is 1. The molecular formula is C17H20N4O2. The van der Waals surface area contributed by atoms with Crippen molar-refractivity contribution in [3.63, 3.8) is 0 Å². The number of nitrogens with two attached hydrogens (primary N) is 1. The van der Waals surface area contributed by atoms with Crippen LogP contribution in [0, 0.1) is 0 Å². The summed E-state index contributed by atoms with van der Waals surface area (Å²) in [4.78, 5) is 13.5. The summed E-state index contributed by atoms with van der Waals surface area (Å²) in [6, 6.07) is 6.86. The van der Waals surface area contributed by atoms with E-state index in [9.17, 15) is 4.79 Å². The first kappa shape index (κ1) is 14.3. The maximum Gasteiger partial charge on any atom is 0.251 e. The van der Waals surface area contributed by atoms with Crippen LogP contribution >= 0.6 is 0 Å². The van der Waals surface area contributed by atoms with E-state index in [0.717, 1.165) is 44.8 Å². The predicted octanol–water partition coefficient (Wildman–Crippen LogP) is 1.02. The van der Waals surface area contributed by atoms with Gasteiger partial charge in [-0.3, -0.25) is 14.4 Å². The molecule has 6 heteroatoms. The number of rotatable bonds is 5. The second kappa shape index (κ2) is 5.70. The highest BCUT2D eigenvalue weighted by molar-refractivity contribution is 5.92. The number of nitrogens with zero attached hydrogens (tertiary/aromatic N) is 3. The molecule has 0 atom stereocenters. The van der Waals surface area contributed by atoms with Crippen LogP contribution in [-0.2, 0) is 12.8 Å². The maximum atomic E-state index is 11.1. The minimum absolute atomic E-state index is 0.344. The summed E-state index contributed by atoms with van der Waals surface area (Å²) in [6.45, 7) is 3.78. The molecule has 0 saturated carbocycles. The highest BCUT2D eigenvalue weighted by atomic mass is 16.5. The molecule has 23 heavy (non-hydrogen) atoms. The van der Waals surface area contributed by atoms with E-state index in [1.165, 1.54) is 17.3 Å². The number of amides is 1. The lowest BCUT2D eigenvalue weighted by Crippen LogP contribution is -2.48. The number of benzene rings is 1. The van der Waals surface area contributed by atoms with E-state index in [4.69, 9.17) is 10.5 Å². The summed E-state index contributed by atoms with van der Waals surface area (Å²) in [5, 5.41) is 4.23. The van der Waals surface area contributed by atoms with Crippen molar-refractivity contribution < 1.29 is 9.53 Å². The Hall–Kier alpha value is -2.34. The summed E-state index contributed by atoms with van der Waals surface area (Å²) in [7, 11) is 0. The summed E-state index contributed by atoms with van der Waals surface area (Å²) >= 11 is 0. The van der Waals surface area contributed by atoms with Crippen LogP contribution in [0.15, 0.2) is 30.6 Å². The van der Waals surface area contributed by atoms with Gasteiger partial charge in [0.1, 0.15) is 5.75 Å². The maximum absolute atomic E-state index is 11.1. The molecule has 6 nitrogen and oxygen atoms in total. The van der Waals surface area contributed by atoms with Crippen LogP contribution in [0.5, 0.6) is 5.75 Å². The predicted molar refractivity (Wildman–Crippen MR) is 85.6 cm³/mol. The Labute approximate surface area is 134 Å². The summed E-state index contributed by atoms with van der Waals surface area (Å²) < 4.78 is 7.39. The Morgan fingerprint density at radius 2 is 2.26 bits per heavy atom. The molecule has 1 aromatic heterocycles. The molecular weight excluding hydrogens is 292 g/mol. The van der Waals surface area contributed by atoms with Gasteiger partial charge in [-0.1, -0.05) is 12.1 Å². The van der Waals surface area contributed by atoms with Gasteiger partial charge in [0, 0.05) is 32.3 Å². The van der Waals surface area contributed by atoms with Gasteiger partial charge in [0.2, 0.25) is 0 Å². The molecule has 0 unspecified atom stereocenters. The molecule has 2 aliphatic heterocycles. The Bertz CT molecular complexity index is 734. The molecule has 0 bridgehead atoms. The van der Waals surface area contributed by atoms with Gasteiger partial charge in [-0.25, -0.2) is 0 Å². The molecule has 4 rings (SSSR count). The summed E-state index contributed by atoms with van der Waals surface area (Å²) in [5.41, 5.74) is 8.43. The molecule has 1 aromatic carbocycles. The first-order valence-corrected chi connectivity index (χ1v) is 8.00. The number of likely N-dealkylation sites (tertiary alicyclic amines) is 1. The third kappa shape index (κ3) is 2.82. The summed E-state index contributed by atoms with van der Waals surface area (Å²) in [5.74, 6) is 0.620. The number of hydrogen-bond acceptors (Lipinski definition) is 4. The third-order valence-electron chi connectivity index (χ3n) is 4.67. The number of carbonyl (C=O) groups excluding carboxylic acids is 1. The van der Waals surface area contributed by atoms with Crippen molar-refractivity contribution in [2.45, 2.75) is 18.9 Å². The smallest absolute Gasteiger partial charge is 0.251 e. The first-order valence-electron chi connectivity index (χ1n) is 8.00. The van der Waals surface area contributed by atoms with E-state index < -0.39 is 5.91 Å². The lowest BCUT2D eigenvalue weighted by molar-refractivity contribution is 0.0983. The molecule has 1 fully saturated rings. The fraction of sp³-hybridized carbons (Fsp3) is 0.412. The fourth-order valence-electron chi connectivity index (χ4n) is 3.24. The van der Waals surface area contributed by atoms with Crippen molar-refractivity contribution in [2.24, 2.45) is 5.73 Å². The quantitative estimate of drug-likeness (QED) is 0.894. The molecule has 2 aliphatic rings. The zero-order valence-electron chi connectivity index (χ0n) is 12.9. The second-order valence-corrected chi connectivity index (χ2v) is 6.28. The van der Waals surface area contributed by atoms with Crippen LogP contribution in [0.1, 0.15) is 27.5 Å². The monoisotopic (exact) mass is 312 g/mol. The van der Waals surface area contributed by atoms with Gasteiger partial charge in [0.05, 0.1) is 24.4 Å². The van der Waals surface area contributed by atoms with E-state index in [2.05, 4.69) is 28.2 Å². The number of aromatic nitrogens is 2. The SMILES string of the molecule is NC(=O)c1cnn(C2CN(CCc3ccc4c(c3)CCO4)C2)c1. The zero-order chi connectivity index (χ0) is 15.8. The summed E-state index contributed by atoms with van der Waals surface area (Å²) in [6.07, 6.45) is 5.35. The lowest BCUT2D eigenvalue weighted by Gasteiger charge is -2.39. The molecule has 1 saturated heterocycles. The van der Waals surface area contributed by atoms with Gasteiger partial charge in [0.15, 0.2) is 0 Å². The normalized spacial score (nSPS) is 17.6. The standard InChI is InChI=1S/C17H20N4O2/c18-17(22)14-8-19-21(9-14)15-10-20(11-15)5-3-12-1-2-16-13(7-12)4-6-23-16/h1-2,7-9,15H,3-6,10-11H2,(H2,18,22). The van der Waals surface area contributed by atoms with Crippen LogP contribution in [0.3, 0.4) is 0 Å². The van der Waals surface area contributed by atoms with Crippen molar-refractivity contribution in [3.05, 3.63) is 47.3 Å². The van der Waals surface area contributed by atoms with Gasteiger partial charge in [-0.05, 0) is 23.6 Å². The number of ether oxygens (including phenoxy) is 1. The zero-order valence-corrected chi connectivity index (χ0v) is 12.9. The molecule has 2 N–H and O–H groups in total. The minimum atomic E-state index is -0.423. The average molecular weight is 312 g/mol. The van der Waals surface area contributed by atoms with Gasteiger partial charge in [-0.2, -0.15) is 5.10 Å². The molecule has 120 valence electrons. The second-order valence-electron chi connectivity index (χ2n) is 6.28. The number of primary amides is 1. The Morgan fingerprint density at radius 1 is 1.39 bits per heavy atom. The van der Waals surface area contributed by atoms with E-state index in [-0.39, 0.29) is 0 Å². The van der Waals surface area contributed by atoms with E-state index in [1.807, 2.05) is 4.68 Å². The van der Waals surface area contributed by atoms with Crippen LogP contribution in [0.4, 0.5) is 0 Å². The van der Waals surface area contributed by atoms with Gasteiger partial charge in [-0.15, -0.1) is 0 Å². The number of carbonyl (C=O) groups is 1. The highest BCUT2D eigenvalue weighted by Crippen LogP contribution is 2.27. The van der Waals surface area contributed by atoms with Gasteiger partial charge < -0.3 is 10.5 Å². The molecule has 0 aliphatic carbocycles. The average Bonchev–Trinajstić information content (AvgIpc) is 3.14. The lowest BCUT2D eigenvalue weighted by atomic mass is 10.0. The minimum Gasteiger partial charge on any atom is -0.493 e. The van der Waals surface area contributed by atoms with E-state index >= 15 is 0 Å². The molecule has 2 aromatic rings. The fourth-order valence-corrected chi connectivity index (χ4v) is 3.24. The third-order valence-corrected chi connectivity index (χ3v) is 4.67. The molecule has 1 amide bonds. The Balaban J connectivity index is 1.28. The highest BCUT2D eigenvalue weighted by Gasteiger charge is 2.28. The van der Waals surface area contributed by atoms with Crippen molar-refractivity contribution in [2.75, 3.05) is 26.2 Å². The van der Waals surface area contributed by atoms with Gasteiger partial charge >= 0.3 is 0 Å². The Morgan fingerprint density at radius 3 is 3.04 bits per heavy atom. The first-order chi connectivity index (χ1) is 11.2. The topological polar surface area (TPSA) is 73.4 Å².